The molecule has 4 rings (SSSR count). The molecule has 1 heterocycles. The van der Waals surface area contributed by atoms with Crippen molar-refractivity contribution < 1.29 is 9.53 Å². The van der Waals surface area contributed by atoms with E-state index in [1.165, 1.54) is 5.56 Å². The molecule has 0 aromatic heterocycles. The molecule has 0 fully saturated rings. The fraction of sp³-hybridized carbons (Fsp3) is 0.269. The van der Waals surface area contributed by atoms with Crippen LogP contribution >= 0.6 is 0 Å². The van der Waals surface area contributed by atoms with Gasteiger partial charge in [0.15, 0.2) is 0 Å². The number of nitrogens with zero attached hydrogens (tertiary/aromatic N) is 1. The Bertz CT molecular complexity index is 1030. The topological polar surface area (TPSA) is 41.6 Å². The minimum Gasteiger partial charge on any atom is -0.491 e. The van der Waals surface area contributed by atoms with E-state index in [1.54, 1.807) is 0 Å². The van der Waals surface area contributed by atoms with Gasteiger partial charge < -0.3 is 15.0 Å². The van der Waals surface area contributed by atoms with Gasteiger partial charge in [-0.15, -0.1) is 0 Å². The molecular weight excluding hydrogens is 372 g/mol. The summed E-state index contributed by atoms with van der Waals surface area (Å²) in [6, 6.07) is 26.0. The molecule has 0 radical (unpaired) electrons. The highest BCUT2D eigenvalue weighted by Gasteiger charge is 2.42. The molecule has 4 nitrogen and oxygen atoms in total. The van der Waals surface area contributed by atoms with Crippen LogP contribution in [0.3, 0.4) is 0 Å². The fourth-order valence-electron chi connectivity index (χ4n) is 4.04. The van der Waals surface area contributed by atoms with Crippen LogP contribution in [0.2, 0.25) is 0 Å². The van der Waals surface area contributed by atoms with Gasteiger partial charge in [-0.2, -0.15) is 0 Å². The lowest BCUT2D eigenvalue weighted by Gasteiger charge is -2.47. The number of rotatable bonds is 6. The molecular formula is C26H28N2O2. The molecule has 3 aromatic carbocycles. The Morgan fingerprint density at radius 2 is 1.70 bits per heavy atom. The van der Waals surface area contributed by atoms with E-state index in [4.69, 9.17) is 4.74 Å². The zero-order chi connectivity index (χ0) is 21.1. The maximum absolute atomic E-state index is 13.5. The molecule has 1 amide bonds. The van der Waals surface area contributed by atoms with Crippen molar-refractivity contribution >= 4 is 11.6 Å². The summed E-state index contributed by atoms with van der Waals surface area (Å²) in [6.07, 6.45) is 0.873. The van der Waals surface area contributed by atoms with Gasteiger partial charge in [-0.25, -0.2) is 0 Å². The third-order valence-electron chi connectivity index (χ3n) is 5.56. The van der Waals surface area contributed by atoms with Crippen LogP contribution in [0.25, 0.3) is 0 Å². The molecule has 0 saturated heterocycles. The second kappa shape index (κ2) is 8.23. The van der Waals surface area contributed by atoms with E-state index in [0.717, 1.165) is 23.4 Å². The van der Waals surface area contributed by atoms with E-state index < -0.39 is 5.66 Å². The fourth-order valence-corrected chi connectivity index (χ4v) is 4.04. The molecule has 1 atom stereocenters. The summed E-state index contributed by atoms with van der Waals surface area (Å²) in [7, 11) is 0. The Kier molecular flexibility index (Phi) is 5.49. The van der Waals surface area contributed by atoms with Crippen LogP contribution in [0.1, 0.15) is 42.3 Å². The number of para-hydroxylation sites is 1. The number of fused-ring (bicyclic) bond motifs is 1. The third-order valence-corrected chi connectivity index (χ3v) is 5.56. The number of hydrogen-bond acceptors (Lipinski definition) is 3. The Hall–Kier alpha value is -3.27. The first-order valence-electron chi connectivity index (χ1n) is 10.5. The van der Waals surface area contributed by atoms with Gasteiger partial charge in [-0.1, -0.05) is 54.6 Å². The van der Waals surface area contributed by atoms with Crippen molar-refractivity contribution in [3.8, 4) is 5.75 Å². The quantitative estimate of drug-likeness (QED) is 0.598. The van der Waals surface area contributed by atoms with Crippen LogP contribution in [0.5, 0.6) is 5.75 Å². The molecule has 1 aliphatic heterocycles. The second-order valence-electron chi connectivity index (χ2n) is 8.13. The number of nitrogens with one attached hydrogen (secondary N) is 1. The molecule has 0 aliphatic carbocycles. The van der Waals surface area contributed by atoms with E-state index in [-0.39, 0.29) is 12.0 Å². The summed E-state index contributed by atoms with van der Waals surface area (Å²) in [5.74, 6) is 0.845. The summed E-state index contributed by atoms with van der Waals surface area (Å²) in [5, 5.41) is 3.64. The van der Waals surface area contributed by atoms with Crippen LogP contribution in [-0.4, -0.2) is 23.5 Å². The zero-order valence-electron chi connectivity index (χ0n) is 17.8. The number of hydrogen-bond donors (Lipinski definition) is 1. The Morgan fingerprint density at radius 3 is 2.47 bits per heavy atom. The number of carbonyl (C=O) groups is 1. The van der Waals surface area contributed by atoms with E-state index >= 15 is 0 Å². The molecule has 3 aromatic rings. The summed E-state index contributed by atoms with van der Waals surface area (Å²) < 4.78 is 5.92. The van der Waals surface area contributed by atoms with Crippen molar-refractivity contribution in [1.82, 2.24) is 4.90 Å². The standard InChI is InChI=1S/C26H28N2O2/c1-19(2)30-22-13-9-12-21(18-22)26(3)27-24-15-8-7-14-23(24)25(29)28(26)17-16-20-10-5-4-6-11-20/h4-15,18-19,27H,16-17H2,1-3H3. The highest BCUT2D eigenvalue weighted by Crippen LogP contribution is 2.38. The summed E-state index contributed by atoms with van der Waals surface area (Å²) in [5.41, 5.74) is 3.09. The maximum atomic E-state index is 13.5. The molecule has 4 heteroatoms. The monoisotopic (exact) mass is 400 g/mol. The summed E-state index contributed by atoms with van der Waals surface area (Å²) in [4.78, 5) is 15.5. The number of anilines is 1. The van der Waals surface area contributed by atoms with Crippen molar-refractivity contribution in [2.24, 2.45) is 0 Å². The largest absolute Gasteiger partial charge is 0.491 e. The lowest BCUT2D eigenvalue weighted by atomic mass is 9.93. The SMILES string of the molecule is CC(C)Oc1cccc(C2(C)Nc3ccccc3C(=O)N2CCc2ccccc2)c1. The Balaban J connectivity index is 1.73. The smallest absolute Gasteiger partial charge is 0.258 e. The number of carbonyl (C=O) groups excluding carboxylic acids is 1. The Labute approximate surface area is 178 Å². The van der Waals surface area contributed by atoms with Crippen molar-refractivity contribution in [2.75, 3.05) is 11.9 Å². The molecule has 1 aliphatic rings. The van der Waals surface area contributed by atoms with E-state index in [9.17, 15) is 4.79 Å². The van der Waals surface area contributed by atoms with Crippen LogP contribution in [0, 0.1) is 0 Å². The molecule has 1 unspecified atom stereocenters. The van der Waals surface area contributed by atoms with E-state index in [0.29, 0.717) is 12.1 Å². The van der Waals surface area contributed by atoms with Crippen LogP contribution in [0.15, 0.2) is 78.9 Å². The molecule has 0 bridgehead atoms. The molecule has 30 heavy (non-hydrogen) atoms. The van der Waals surface area contributed by atoms with E-state index in [2.05, 4.69) is 30.4 Å². The first-order valence-corrected chi connectivity index (χ1v) is 10.5. The third kappa shape index (κ3) is 3.90. The second-order valence-corrected chi connectivity index (χ2v) is 8.13. The van der Waals surface area contributed by atoms with Crippen molar-refractivity contribution in [1.29, 1.82) is 0 Å². The van der Waals surface area contributed by atoms with Crippen LogP contribution < -0.4 is 10.1 Å². The maximum Gasteiger partial charge on any atom is 0.258 e. The van der Waals surface area contributed by atoms with Gasteiger partial charge in [-0.3, -0.25) is 4.79 Å². The molecule has 154 valence electrons. The van der Waals surface area contributed by atoms with Crippen molar-refractivity contribution in [3.63, 3.8) is 0 Å². The van der Waals surface area contributed by atoms with Gasteiger partial charge >= 0.3 is 0 Å². The average molecular weight is 401 g/mol. The highest BCUT2D eigenvalue weighted by molar-refractivity contribution is 6.02. The summed E-state index contributed by atoms with van der Waals surface area (Å²) >= 11 is 0. The zero-order valence-corrected chi connectivity index (χ0v) is 17.8. The minimum absolute atomic E-state index is 0.0398. The van der Waals surface area contributed by atoms with Gasteiger partial charge in [0.25, 0.3) is 5.91 Å². The van der Waals surface area contributed by atoms with Crippen molar-refractivity contribution in [3.05, 3.63) is 95.6 Å². The molecule has 0 saturated carbocycles. The lowest BCUT2D eigenvalue weighted by Crippen LogP contribution is -2.56. The highest BCUT2D eigenvalue weighted by atomic mass is 16.5. The Morgan fingerprint density at radius 1 is 0.967 bits per heavy atom. The average Bonchev–Trinajstić information content (AvgIpc) is 2.74. The molecule has 1 N–H and O–H groups in total. The normalized spacial score (nSPS) is 18.1. The number of ether oxygens (including phenoxy) is 1. The minimum atomic E-state index is -0.684. The van der Waals surface area contributed by atoms with Crippen molar-refractivity contribution in [2.45, 2.75) is 39.0 Å². The lowest BCUT2D eigenvalue weighted by molar-refractivity contribution is 0.0538. The van der Waals surface area contributed by atoms with Gasteiger partial charge in [0, 0.05) is 17.8 Å². The predicted molar refractivity (Wildman–Crippen MR) is 121 cm³/mol. The summed E-state index contributed by atoms with van der Waals surface area (Å²) in [6.45, 7) is 6.70. The predicted octanol–water partition coefficient (Wildman–Crippen LogP) is 5.46. The molecule has 0 spiro atoms. The van der Waals surface area contributed by atoms with Crippen LogP contribution in [0.4, 0.5) is 5.69 Å². The first kappa shape index (κ1) is 20.0. The number of benzene rings is 3. The van der Waals surface area contributed by atoms with E-state index in [1.807, 2.05) is 79.4 Å². The van der Waals surface area contributed by atoms with Gasteiger partial charge in [-0.05, 0) is 57.0 Å². The van der Waals surface area contributed by atoms with Crippen LogP contribution in [-0.2, 0) is 12.1 Å². The van der Waals surface area contributed by atoms with Gasteiger partial charge in [0.1, 0.15) is 11.4 Å². The number of amides is 1. The first-order chi connectivity index (χ1) is 14.5. The van der Waals surface area contributed by atoms with Gasteiger partial charge in [0.2, 0.25) is 0 Å². The van der Waals surface area contributed by atoms with Gasteiger partial charge in [0.05, 0.1) is 11.7 Å².